The lowest BCUT2D eigenvalue weighted by atomic mass is 10.2. The molecular weight excluding hydrogens is 317 g/mol. The fraction of sp³-hybridized carbons (Fsp3) is 0.474. The van der Waals surface area contributed by atoms with Crippen molar-refractivity contribution in [1.82, 2.24) is 14.9 Å². The van der Waals surface area contributed by atoms with Gasteiger partial charge in [0, 0.05) is 25.1 Å². The Labute approximate surface area is 148 Å². The SMILES string of the molecule is CN(C)CCCNc1nc(NCc2cccc(F)c2)cc(C2CC2)n1. The lowest BCUT2D eigenvalue weighted by Crippen LogP contribution is -2.17. The van der Waals surface area contributed by atoms with Gasteiger partial charge in [-0.25, -0.2) is 9.37 Å². The van der Waals surface area contributed by atoms with Crippen LogP contribution in [0.25, 0.3) is 0 Å². The van der Waals surface area contributed by atoms with Gasteiger partial charge in [0.2, 0.25) is 5.95 Å². The van der Waals surface area contributed by atoms with Crippen LogP contribution in [-0.4, -0.2) is 42.1 Å². The highest BCUT2D eigenvalue weighted by atomic mass is 19.1. The van der Waals surface area contributed by atoms with Gasteiger partial charge in [0.25, 0.3) is 0 Å². The second-order valence-corrected chi connectivity index (χ2v) is 6.84. The maximum Gasteiger partial charge on any atom is 0.224 e. The van der Waals surface area contributed by atoms with Crippen molar-refractivity contribution in [2.24, 2.45) is 0 Å². The van der Waals surface area contributed by atoms with Crippen LogP contribution in [0.15, 0.2) is 30.3 Å². The molecule has 0 spiro atoms. The van der Waals surface area contributed by atoms with Crippen LogP contribution in [0.5, 0.6) is 0 Å². The maximum atomic E-state index is 13.3. The van der Waals surface area contributed by atoms with Crippen molar-refractivity contribution < 1.29 is 4.39 Å². The standard InChI is InChI=1S/C19H26FN5/c1-25(2)10-4-9-21-19-23-17(15-7-8-15)12-18(24-19)22-13-14-5-3-6-16(20)11-14/h3,5-6,11-12,15H,4,7-10,13H2,1-2H3,(H2,21,22,23,24). The van der Waals surface area contributed by atoms with E-state index in [-0.39, 0.29) is 5.82 Å². The molecule has 0 amide bonds. The summed E-state index contributed by atoms with van der Waals surface area (Å²) >= 11 is 0. The van der Waals surface area contributed by atoms with Gasteiger partial charge in [-0.2, -0.15) is 4.98 Å². The van der Waals surface area contributed by atoms with Gasteiger partial charge in [0.15, 0.2) is 0 Å². The monoisotopic (exact) mass is 343 g/mol. The summed E-state index contributed by atoms with van der Waals surface area (Å²) in [6.07, 6.45) is 3.43. The number of hydrogen-bond donors (Lipinski definition) is 2. The van der Waals surface area contributed by atoms with Crippen LogP contribution >= 0.6 is 0 Å². The Morgan fingerprint density at radius 3 is 2.72 bits per heavy atom. The number of nitrogens with zero attached hydrogens (tertiary/aromatic N) is 3. The molecule has 1 aromatic heterocycles. The van der Waals surface area contributed by atoms with Gasteiger partial charge >= 0.3 is 0 Å². The lowest BCUT2D eigenvalue weighted by molar-refractivity contribution is 0.405. The quantitative estimate of drug-likeness (QED) is 0.683. The van der Waals surface area contributed by atoms with Crippen LogP contribution in [0.2, 0.25) is 0 Å². The molecule has 1 aliphatic rings. The van der Waals surface area contributed by atoms with Gasteiger partial charge in [-0.1, -0.05) is 12.1 Å². The Kier molecular flexibility index (Phi) is 5.81. The average molecular weight is 343 g/mol. The lowest BCUT2D eigenvalue weighted by Gasteiger charge is -2.12. The summed E-state index contributed by atoms with van der Waals surface area (Å²) in [5.41, 5.74) is 1.99. The topological polar surface area (TPSA) is 53.1 Å². The number of aromatic nitrogens is 2. The summed E-state index contributed by atoms with van der Waals surface area (Å²) in [6.45, 7) is 2.41. The number of nitrogens with one attached hydrogen (secondary N) is 2. The number of benzene rings is 1. The average Bonchev–Trinajstić information content (AvgIpc) is 3.42. The van der Waals surface area contributed by atoms with Gasteiger partial charge < -0.3 is 15.5 Å². The third-order valence-corrected chi connectivity index (χ3v) is 4.17. The molecule has 1 fully saturated rings. The molecule has 2 aromatic rings. The molecule has 1 heterocycles. The molecule has 1 aliphatic carbocycles. The molecule has 25 heavy (non-hydrogen) atoms. The summed E-state index contributed by atoms with van der Waals surface area (Å²) in [4.78, 5) is 11.4. The van der Waals surface area contributed by atoms with E-state index in [2.05, 4.69) is 39.6 Å². The molecule has 2 N–H and O–H groups in total. The van der Waals surface area contributed by atoms with Crippen molar-refractivity contribution in [2.45, 2.75) is 31.7 Å². The van der Waals surface area contributed by atoms with Crippen molar-refractivity contribution in [3.05, 3.63) is 47.4 Å². The molecule has 134 valence electrons. The summed E-state index contributed by atoms with van der Waals surface area (Å²) in [6, 6.07) is 8.63. The highest BCUT2D eigenvalue weighted by molar-refractivity contribution is 5.44. The second kappa shape index (κ2) is 8.25. The zero-order chi connectivity index (χ0) is 17.6. The first-order chi connectivity index (χ1) is 12.1. The summed E-state index contributed by atoms with van der Waals surface area (Å²) in [5.74, 6) is 1.80. The predicted molar refractivity (Wildman–Crippen MR) is 99.4 cm³/mol. The number of halogens is 1. The van der Waals surface area contributed by atoms with E-state index in [0.29, 0.717) is 18.4 Å². The van der Waals surface area contributed by atoms with Crippen LogP contribution in [0.4, 0.5) is 16.2 Å². The number of anilines is 2. The van der Waals surface area contributed by atoms with Gasteiger partial charge in [0.1, 0.15) is 11.6 Å². The first kappa shape index (κ1) is 17.6. The van der Waals surface area contributed by atoms with E-state index in [1.165, 1.54) is 25.0 Å². The molecule has 0 bridgehead atoms. The Balaban J connectivity index is 1.63. The maximum absolute atomic E-state index is 13.3. The van der Waals surface area contributed by atoms with Crippen LogP contribution in [0.1, 0.15) is 36.4 Å². The fourth-order valence-electron chi connectivity index (χ4n) is 2.66. The first-order valence-corrected chi connectivity index (χ1v) is 8.86. The molecule has 0 unspecified atom stereocenters. The van der Waals surface area contributed by atoms with E-state index in [0.717, 1.165) is 36.6 Å². The molecule has 0 radical (unpaired) electrons. The second-order valence-electron chi connectivity index (χ2n) is 6.84. The number of hydrogen-bond acceptors (Lipinski definition) is 5. The fourth-order valence-corrected chi connectivity index (χ4v) is 2.66. The third kappa shape index (κ3) is 5.67. The Morgan fingerprint density at radius 1 is 1.16 bits per heavy atom. The van der Waals surface area contributed by atoms with E-state index in [1.54, 1.807) is 6.07 Å². The highest BCUT2D eigenvalue weighted by Gasteiger charge is 2.26. The van der Waals surface area contributed by atoms with Crippen LogP contribution in [0, 0.1) is 5.82 Å². The zero-order valence-electron chi connectivity index (χ0n) is 14.9. The van der Waals surface area contributed by atoms with Crippen molar-refractivity contribution >= 4 is 11.8 Å². The molecule has 3 rings (SSSR count). The van der Waals surface area contributed by atoms with Crippen LogP contribution in [-0.2, 0) is 6.54 Å². The first-order valence-electron chi connectivity index (χ1n) is 8.86. The molecule has 0 aliphatic heterocycles. The number of rotatable bonds is 9. The van der Waals surface area contributed by atoms with Crippen molar-refractivity contribution in [2.75, 3.05) is 37.8 Å². The summed E-state index contributed by atoms with van der Waals surface area (Å²) in [7, 11) is 4.14. The van der Waals surface area contributed by atoms with E-state index < -0.39 is 0 Å². The normalized spacial score (nSPS) is 13.9. The van der Waals surface area contributed by atoms with E-state index in [4.69, 9.17) is 0 Å². The molecule has 1 aromatic carbocycles. The van der Waals surface area contributed by atoms with Crippen LogP contribution in [0.3, 0.4) is 0 Å². The van der Waals surface area contributed by atoms with Gasteiger partial charge in [-0.3, -0.25) is 0 Å². The Hall–Kier alpha value is -2.21. The Morgan fingerprint density at radius 2 is 2.00 bits per heavy atom. The predicted octanol–water partition coefficient (Wildman–Crippen LogP) is 3.47. The molecule has 1 saturated carbocycles. The smallest absolute Gasteiger partial charge is 0.224 e. The minimum Gasteiger partial charge on any atom is -0.366 e. The largest absolute Gasteiger partial charge is 0.366 e. The minimum absolute atomic E-state index is 0.219. The van der Waals surface area contributed by atoms with E-state index in [1.807, 2.05) is 12.1 Å². The Bertz CT molecular complexity index is 700. The minimum atomic E-state index is -0.219. The van der Waals surface area contributed by atoms with Crippen molar-refractivity contribution in [3.63, 3.8) is 0 Å². The summed E-state index contributed by atoms with van der Waals surface area (Å²) < 4.78 is 13.3. The molecule has 0 atom stereocenters. The van der Waals surface area contributed by atoms with Gasteiger partial charge in [0.05, 0.1) is 5.69 Å². The van der Waals surface area contributed by atoms with E-state index in [9.17, 15) is 4.39 Å². The van der Waals surface area contributed by atoms with E-state index >= 15 is 0 Å². The highest BCUT2D eigenvalue weighted by Crippen LogP contribution is 2.39. The molecular formula is C19H26FN5. The van der Waals surface area contributed by atoms with Crippen molar-refractivity contribution in [1.29, 1.82) is 0 Å². The molecule has 0 saturated heterocycles. The molecule has 5 nitrogen and oxygen atoms in total. The van der Waals surface area contributed by atoms with Crippen LogP contribution < -0.4 is 10.6 Å². The zero-order valence-corrected chi connectivity index (χ0v) is 14.9. The van der Waals surface area contributed by atoms with Crippen molar-refractivity contribution in [3.8, 4) is 0 Å². The molecule has 6 heteroatoms. The van der Waals surface area contributed by atoms with Gasteiger partial charge in [-0.05, 0) is 57.6 Å². The summed E-state index contributed by atoms with van der Waals surface area (Å²) in [5, 5.41) is 6.62. The third-order valence-electron chi connectivity index (χ3n) is 4.17. The van der Waals surface area contributed by atoms with Gasteiger partial charge in [-0.15, -0.1) is 0 Å².